The van der Waals surface area contributed by atoms with Gasteiger partial charge >= 0.3 is 6.18 Å². The maximum atomic E-state index is 12.5. The number of allylic oxidation sites excluding steroid dienone is 1. The first kappa shape index (κ1) is 14.6. The number of carbonyl (C=O) groups is 1. The Bertz CT molecular complexity index is 529. The lowest BCUT2D eigenvalue weighted by Gasteiger charge is -2.15. The van der Waals surface area contributed by atoms with E-state index in [9.17, 15) is 18.0 Å². The second-order valence-corrected chi connectivity index (χ2v) is 5.18. The average molecular weight is 283 g/mol. The average Bonchev–Trinajstić information content (AvgIpc) is 2.70. The summed E-state index contributed by atoms with van der Waals surface area (Å²) in [4.78, 5) is 13.6. The number of carbonyl (C=O) groups excluding carboxylic acids is 1. The standard InChI is InChI=1S/C15H16F3NO/c1-19(2)9-13-12(7-8-14(13)20)10-3-5-11(6-4-10)15(16,17)18/h3-6,9,12H,7-8H2,1-2H3/b13-9-. The summed E-state index contributed by atoms with van der Waals surface area (Å²) in [7, 11) is 3.64. The summed E-state index contributed by atoms with van der Waals surface area (Å²) in [5, 5.41) is 0. The molecule has 2 rings (SSSR count). The Morgan fingerprint density at radius 2 is 1.80 bits per heavy atom. The van der Waals surface area contributed by atoms with E-state index in [0.29, 0.717) is 18.4 Å². The SMILES string of the molecule is CN(C)/C=C1\C(=O)CCC1c1ccc(C(F)(F)F)cc1. The first-order valence-corrected chi connectivity index (χ1v) is 6.37. The Hall–Kier alpha value is -1.78. The van der Waals surface area contributed by atoms with Gasteiger partial charge < -0.3 is 4.90 Å². The first-order chi connectivity index (χ1) is 9.29. The lowest BCUT2D eigenvalue weighted by Crippen LogP contribution is -2.09. The summed E-state index contributed by atoms with van der Waals surface area (Å²) in [6.45, 7) is 0. The van der Waals surface area contributed by atoms with Crippen LogP contribution in [0.1, 0.15) is 29.9 Å². The Morgan fingerprint density at radius 3 is 2.30 bits per heavy atom. The number of halogens is 3. The highest BCUT2D eigenvalue weighted by molar-refractivity contribution is 5.99. The Kier molecular flexibility index (Phi) is 3.88. The predicted octanol–water partition coefficient (Wildman–Crippen LogP) is 3.60. The third-order valence-corrected chi connectivity index (χ3v) is 3.40. The Labute approximate surface area is 115 Å². The fourth-order valence-corrected chi connectivity index (χ4v) is 2.46. The molecular formula is C15H16F3NO. The van der Waals surface area contributed by atoms with Crippen LogP contribution < -0.4 is 0 Å². The van der Waals surface area contributed by atoms with Crippen LogP contribution in [0, 0.1) is 0 Å². The molecule has 1 aliphatic rings. The highest BCUT2D eigenvalue weighted by atomic mass is 19.4. The summed E-state index contributed by atoms with van der Waals surface area (Å²) in [5.41, 5.74) is 0.774. The summed E-state index contributed by atoms with van der Waals surface area (Å²) < 4.78 is 37.6. The molecule has 1 fully saturated rings. The molecule has 0 saturated heterocycles. The molecule has 0 heterocycles. The molecule has 2 nitrogen and oxygen atoms in total. The summed E-state index contributed by atoms with van der Waals surface area (Å²) >= 11 is 0. The fraction of sp³-hybridized carbons (Fsp3) is 0.400. The number of ketones is 1. The van der Waals surface area contributed by atoms with Crippen molar-refractivity contribution >= 4 is 5.78 Å². The molecule has 1 aromatic carbocycles. The highest BCUT2D eigenvalue weighted by Gasteiger charge is 2.32. The number of benzene rings is 1. The van der Waals surface area contributed by atoms with E-state index in [1.165, 1.54) is 12.1 Å². The van der Waals surface area contributed by atoms with Gasteiger partial charge in [0.15, 0.2) is 5.78 Å². The molecule has 0 amide bonds. The second kappa shape index (κ2) is 5.31. The molecule has 1 unspecified atom stereocenters. The smallest absolute Gasteiger partial charge is 0.383 e. The number of nitrogens with zero attached hydrogens (tertiary/aromatic N) is 1. The quantitative estimate of drug-likeness (QED) is 0.773. The zero-order valence-electron chi connectivity index (χ0n) is 11.4. The minimum Gasteiger partial charge on any atom is -0.383 e. The van der Waals surface area contributed by atoms with E-state index in [2.05, 4.69) is 0 Å². The van der Waals surface area contributed by atoms with Crippen LogP contribution in [0.15, 0.2) is 36.0 Å². The van der Waals surface area contributed by atoms with E-state index in [1.54, 1.807) is 11.1 Å². The number of rotatable bonds is 2. The molecule has 0 aromatic heterocycles. The fourth-order valence-electron chi connectivity index (χ4n) is 2.46. The molecule has 20 heavy (non-hydrogen) atoms. The maximum absolute atomic E-state index is 12.5. The Balaban J connectivity index is 2.29. The summed E-state index contributed by atoms with van der Waals surface area (Å²) in [6, 6.07) is 5.09. The van der Waals surface area contributed by atoms with Crippen LogP contribution in [0.25, 0.3) is 0 Å². The molecular weight excluding hydrogens is 267 g/mol. The molecule has 0 spiro atoms. The molecule has 0 bridgehead atoms. The van der Waals surface area contributed by atoms with E-state index in [-0.39, 0.29) is 11.7 Å². The van der Waals surface area contributed by atoms with Crippen LogP contribution in [-0.4, -0.2) is 24.8 Å². The Morgan fingerprint density at radius 1 is 1.20 bits per heavy atom. The monoisotopic (exact) mass is 283 g/mol. The van der Waals surface area contributed by atoms with Gasteiger partial charge in [-0.25, -0.2) is 0 Å². The number of alkyl halides is 3. The van der Waals surface area contributed by atoms with Crippen molar-refractivity contribution < 1.29 is 18.0 Å². The third-order valence-electron chi connectivity index (χ3n) is 3.40. The van der Waals surface area contributed by atoms with E-state index in [1.807, 2.05) is 14.1 Å². The van der Waals surface area contributed by atoms with Crippen molar-refractivity contribution in [2.75, 3.05) is 14.1 Å². The van der Waals surface area contributed by atoms with Gasteiger partial charge in [-0.2, -0.15) is 13.2 Å². The van der Waals surface area contributed by atoms with Crippen molar-refractivity contribution in [1.29, 1.82) is 0 Å². The van der Waals surface area contributed by atoms with Gasteiger partial charge in [-0.1, -0.05) is 12.1 Å². The minimum atomic E-state index is -4.33. The van der Waals surface area contributed by atoms with Gasteiger partial charge in [0.2, 0.25) is 0 Å². The normalized spacial score (nSPS) is 21.6. The molecule has 1 saturated carbocycles. The van der Waals surface area contributed by atoms with Gasteiger partial charge in [0, 0.05) is 38.2 Å². The topological polar surface area (TPSA) is 20.3 Å². The van der Waals surface area contributed by atoms with Crippen molar-refractivity contribution in [2.45, 2.75) is 24.9 Å². The summed E-state index contributed by atoms with van der Waals surface area (Å²) in [6.07, 6.45) is -1.46. The van der Waals surface area contributed by atoms with Gasteiger partial charge in [0.1, 0.15) is 0 Å². The maximum Gasteiger partial charge on any atom is 0.416 e. The minimum absolute atomic E-state index is 0.0728. The molecule has 0 N–H and O–H groups in total. The summed E-state index contributed by atoms with van der Waals surface area (Å²) in [5.74, 6) is -0.0317. The van der Waals surface area contributed by atoms with Gasteiger partial charge in [-0.3, -0.25) is 4.79 Å². The van der Waals surface area contributed by atoms with Gasteiger partial charge in [-0.05, 0) is 24.1 Å². The van der Waals surface area contributed by atoms with Crippen molar-refractivity contribution in [3.8, 4) is 0 Å². The molecule has 1 aromatic rings. The van der Waals surface area contributed by atoms with Gasteiger partial charge in [0.25, 0.3) is 0 Å². The molecule has 5 heteroatoms. The number of hydrogen-bond acceptors (Lipinski definition) is 2. The van der Waals surface area contributed by atoms with Crippen LogP contribution in [0.5, 0.6) is 0 Å². The van der Waals surface area contributed by atoms with Crippen LogP contribution >= 0.6 is 0 Å². The number of hydrogen-bond donors (Lipinski definition) is 0. The zero-order chi connectivity index (χ0) is 14.9. The molecule has 1 aliphatic carbocycles. The number of Topliss-reactive ketones (excluding diaryl/α,β-unsaturated/α-hetero) is 1. The lowest BCUT2D eigenvalue weighted by molar-refractivity contribution is -0.137. The van der Waals surface area contributed by atoms with Crippen molar-refractivity contribution in [3.05, 3.63) is 47.2 Å². The van der Waals surface area contributed by atoms with Crippen molar-refractivity contribution in [3.63, 3.8) is 0 Å². The predicted molar refractivity (Wildman–Crippen MR) is 70.2 cm³/mol. The molecule has 1 atom stereocenters. The van der Waals surface area contributed by atoms with E-state index >= 15 is 0 Å². The van der Waals surface area contributed by atoms with E-state index in [4.69, 9.17) is 0 Å². The second-order valence-electron chi connectivity index (χ2n) is 5.18. The van der Waals surface area contributed by atoms with E-state index < -0.39 is 11.7 Å². The largest absolute Gasteiger partial charge is 0.416 e. The van der Waals surface area contributed by atoms with Gasteiger partial charge in [0.05, 0.1) is 5.56 Å². The van der Waals surface area contributed by atoms with Crippen LogP contribution in [-0.2, 0) is 11.0 Å². The third kappa shape index (κ3) is 3.03. The van der Waals surface area contributed by atoms with Crippen LogP contribution in [0.2, 0.25) is 0 Å². The molecule has 0 aliphatic heterocycles. The molecule has 108 valence electrons. The van der Waals surface area contributed by atoms with Crippen LogP contribution in [0.3, 0.4) is 0 Å². The van der Waals surface area contributed by atoms with Gasteiger partial charge in [-0.15, -0.1) is 0 Å². The molecule has 0 radical (unpaired) electrons. The van der Waals surface area contributed by atoms with Crippen molar-refractivity contribution in [1.82, 2.24) is 4.90 Å². The highest BCUT2D eigenvalue weighted by Crippen LogP contribution is 2.38. The van der Waals surface area contributed by atoms with Crippen molar-refractivity contribution in [2.24, 2.45) is 0 Å². The van der Waals surface area contributed by atoms with E-state index in [0.717, 1.165) is 17.7 Å². The zero-order valence-corrected chi connectivity index (χ0v) is 11.4. The lowest BCUT2D eigenvalue weighted by atomic mass is 9.93. The van der Waals surface area contributed by atoms with Crippen LogP contribution in [0.4, 0.5) is 13.2 Å². The first-order valence-electron chi connectivity index (χ1n) is 6.37.